The summed E-state index contributed by atoms with van der Waals surface area (Å²) in [6.07, 6.45) is 3.26. The Morgan fingerprint density at radius 2 is 2.20 bits per heavy atom. The van der Waals surface area contributed by atoms with Gasteiger partial charge in [0.05, 0.1) is 0 Å². The second-order valence-electron chi connectivity index (χ2n) is 3.77. The average Bonchev–Trinajstić information content (AvgIpc) is 2.19. The van der Waals surface area contributed by atoms with E-state index < -0.39 is 0 Å². The Bertz CT molecular complexity index is 161. The van der Waals surface area contributed by atoms with Gasteiger partial charge in [-0.25, -0.2) is 0 Å². The Labute approximate surface area is 92.6 Å². The lowest BCUT2D eigenvalue weighted by molar-refractivity contribution is -0.121. The molecule has 0 saturated carbocycles. The second-order valence-corrected chi connectivity index (χ2v) is 3.77. The quantitative estimate of drug-likeness (QED) is 0.566. The maximum absolute atomic E-state index is 11.3. The van der Waals surface area contributed by atoms with Gasteiger partial charge >= 0.3 is 0 Å². The molecule has 0 saturated heterocycles. The van der Waals surface area contributed by atoms with Crippen LogP contribution in [0.3, 0.4) is 0 Å². The van der Waals surface area contributed by atoms with Crippen molar-refractivity contribution < 1.29 is 9.53 Å². The summed E-state index contributed by atoms with van der Waals surface area (Å²) in [6.45, 7) is 6.05. The van der Waals surface area contributed by atoms with Crippen molar-refractivity contribution in [1.82, 2.24) is 5.32 Å². The van der Waals surface area contributed by atoms with Crippen LogP contribution in [0.1, 0.15) is 39.5 Å². The molecule has 1 atom stereocenters. The van der Waals surface area contributed by atoms with Gasteiger partial charge in [-0.15, -0.1) is 0 Å². The zero-order chi connectivity index (χ0) is 11.5. The van der Waals surface area contributed by atoms with Gasteiger partial charge in [-0.2, -0.15) is 0 Å². The molecule has 0 radical (unpaired) electrons. The Hall–Kier alpha value is -0.610. The number of amides is 1. The van der Waals surface area contributed by atoms with Crippen LogP contribution in [0.4, 0.5) is 0 Å². The molecule has 1 unspecified atom stereocenters. The standard InChI is InChI=1S/C11H24N2O2/c1-3-15-9-5-7-11(14)13-8-4-6-10(2)12/h10H,3-9,12H2,1-2H3,(H,13,14). The minimum absolute atomic E-state index is 0.111. The number of hydrogen-bond acceptors (Lipinski definition) is 3. The van der Waals surface area contributed by atoms with E-state index in [1.54, 1.807) is 0 Å². The normalized spacial score (nSPS) is 12.5. The number of nitrogens with two attached hydrogens (primary N) is 1. The van der Waals surface area contributed by atoms with Crippen molar-refractivity contribution in [3.63, 3.8) is 0 Å². The van der Waals surface area contributed by atoms with Crippen molar-refractivity contribution >= 4 is 5.91 Å². The van der Waals surface area contributed by atoms with Gasteiger partial charge in [0.25, 0.3) is 0 Å². The molecule has 0 aliphatic rings. The van der Waals surface area contributed by atoms with E-state index in [-0.39, 0.29) is 11.9 Å². The summed E-state index contributed by atoms with van der Waals surface area (Å²) in [7, 11) is 0. The fraction of sp³-hybridized carbons (Fsp3) is 0.909. The SMILES string of the molecule is CCOCCCC(=O)NCCCC(C)N. The highest BCUT2D eigenvalue weighted by atomic mass is 16.5. The van der Waals surface area contributed by atoms with E-state index in [2.05, 4.69) is 5.32 Å². The van der Waals surface area contributed by atoms with Gasteiger partial charge in [-0.3, -0.25) is 4.79 Å². The van der Waals surface area contributed by atoms with Crippen molar-refractivity contribution in [3.8, 4) is 0 Å². The molecule has 0 aromatic heterocycles. The number of carbonyl (C=O) groups is 1. The molecule has 0 bridgehead atoms. The van der Waals surface area contributed by atoms with Crippen LogP contribution >= 0.6 is 0 Å². The van der Waals surface area contributed by atoms with Crippen molar-refractivity contribution in [3.05, 3.63) is 0 Å². The Morgan fingerprint density at radius 3 is 2.80 bits per heavy atom. The van der Waals surface area contributed by atoms with Crippen molar-refractivity contribution in [1.29, 1.82) is 0 Å². The summed E-state index contributed by atoms with van der Waals surface area (Å²) in [6, 6.07) is 0.222. The van der Waals surface area contributed by atoms with E-state index in [9.17, 15) is 4.79 Å². The maximum atomic E-state index is 11.3. The average molecular weight is 216 g/mol. The van der Waals surface area contributed by atoms with Crippen LogP contribution in [0.5, 0.6) is 0 Å². The van der Waals surface area contributed by atoms with E-state index in [0.717, 1.165) is 32.4 Å². The molecule has 1 amide bonds. The van der Waals surface area contributed by atoms with Crippen molar-refractivity contribution in [2.75, 3.05) is 19.8 Å². The van der Waals surface area contributed by atoms with E-state index >= 15 is 0 Å². The summed E-state index contributed by atoms with van der Waals surface area (Å²) in [5.41, 5.74) is 5.59. The fourth-order valence-electron chi connectivity index (χ4n) is 1.22. The third-order valence-electron chi connectivity index (χ3n) is 2.06. The van der Waals surface area contributed by atoms with Gasteiger partial charge < -0.3 is 15.8 Å². The summed E-state index contributed by atoms with van der Waals surface area (Å²) in [5, 5.41) is 2.86. The summed E-state index contributed by atoms with van der Waals surface area (Å²) in [4.78, 5) is 11.3. The fourth-order valence-corrected chi connectivity index (χ4v) is 1.22. The molecule has 0 aromatic carbocycles. The lowest BCUT2D eigenvalue weighted by atomic mass is 10.2. The Morgan fingerprint density at radius 1 is 1.47 bits per heavy atom. The van der Waals surface area contributed by atoms with E-state index in [1.807, 2.05) is 13.8 Å². The third-order valence-corrected chi connectivity index (χ3v) is 2.06. The molecular weight excluding hydrogens is 192 g/mol. The smallest absolute Gasteiger partial charge is 0.220 e. The van der Waals surface area contributed by atoms with Crippen LogP contribution < -0.4 is 11.1 Å². The van der Waals surface area contributed by atoms with Gasteiger partial charge in [0, 0.05) is 32.2 Å². The number of ether oxygens (including phenoxy) is 1. The van der Waals surface area contributed by atoms with Crippen LogP contribution in [-0.2, 0) is 9.53 Å². The van der Waals surface area contributed by atoms with Crippen molar-refractivity contribution in [2.24, 2.45) is 5.73 Å². The molecule has 0 fully saturated rings. The van der Waals surface area contributed by atoms with Crippen LogP contribution in [0.15, 0.2) is 0 Å². The first-order valence-electron chi connectivity index (χ1n) is 5.76. The van der Waals surface area contributed by atoms with Crippen molar-refractivity contribution in [2.45, 2.75) is 45.6 Å². The summed E-state index contributed by atoms with van der Waals surface area (Å²) < 4.78 is 5.14. The molecule has 90 valence electrons. The molecule has 4 nitrogen and oxygen atoms in total. The highest BCUT2D eigenvalue weighted by Gasteiger charge is 2.00. The predicted molar refractivity (Wildman–Crippen MR) is 61.6 cm³/mol. The number of nitrogens with one attached hydrogen (secondary N) is 1. The van der Waals surface area contributed by atoms with Crippen LogP contribution in [0.2, 0.25) is 0 Å². The van der Waals surface area contributed by atoms with Crippen LogP contribution in [0.25, 0.3) is 0 Å². The predicted octanol–water partition coefficient (Wildman–Crippen LogP) is 1.05. The first kappa shape index (κ1) is 14.4. The van der Waals surface area contributed by atoms with Gasteiger partial charge in [0.15, 0.2) is 0 Å². The molecule has 0 aliphatic heterocycles. The molecule has 0 heterocycles. The first-order valence-corrected chi connectivity index (χ1v) is 5.76. The minimum Gasteiger partial charge on any atom is -0.382 e. The maximum Gasteiger partial charge on any atom is 0.220 e. The molecule has 0 rings (SSSR count). The molecular formula is C11H24N2O2. The van der Waals surface area contributed by atoms with E-state index in [4.69, 9.17) is 10.5 Å². The largest absolute Gasteiger partial charge is 0.382 e. The zero-order valence-electron chi connectivity index (χ0n) is 9.92. The van der Waals surface area contributed by atoms with Gasteiger partial charge in [-0.1, -0.05) is 0 Å². The zero-order valence-corrected chi connectivity index (χ0v) is 9.92. The Kier molecular flexibility index (Phi) is 9.52. The van der Waals surface area contributed by atoms with E-state index in [1.165, 1.54) is 0 Å². The first-order chi connectivity index (χ1) is 7.16. The molecule has 3 N–H and O–H groups in total. The highest BCUT2D eigenvalue weighted by Crippen LogP contribution is 1.93. The van der Waals surface area contributed by atoms with Crippen LogP contribution in [-0.4, -0.2) is 31.7 Å². The summed E-state index contributed by atoms with van der Waals surface area (Å²) >= 11 is 0. The lowest BCUT2D eigenvalue weighted by Crippen LogP contribution is -2.26. The molecule has 4 heteroatoms. The molecule has 0 aliphatic carbocycles. The van der Waals surface area contributed by atoms with Crippen LogP contribution in [0, 0.1) is 0 Å². The molecule has 0 spiro atoms. The van der Waals surface area contributed by atoms with Gasteiger partial charge in [0.2, 0.25) is 5.91 Å². The highest BCUT2D eigenvalue weighted by molar-refractivity contribution is 5.75. The molecule has 15 heavy (non-hydrogen) atoms. The lowest BCUT2D eigenvalue weighted by Gasteiger charge is -2.06. The number of carbonyl (C=O) groups excluding carboxylic acids is 1. The third kappa shape index (κ3) is 11.3. The number of rotatable bonds is 9. The van der Waals surface area contributed by atoms with Gasteiger partial charge in [0.1, 0.15) is 0 Å². The summed E-state index contributed by atoms with van der Waals surface area (Å²) in [5.74, 6) is 0.111. The van der Waals surface area contributed by atoms with Gasteiger partial charge in [-0.05, 0) is 33.1 Å². The molecule has 0 aromatic rings. The minimum atomic E-state index is 0.111. The number of hydrogen-bond donors (Lipinski definition) is 2. The second kappa shape index (κ2) is 9.93. The van der Waals surface area contributed by atoms with E-state index in [0.29, 0.717) is 13.0 Å². The topological polar surface area (TPSA) is 64.3 Å². The monoisotopic (exact) mass is 216 g/mol. The Balaban J connectivity index is 3.19.